The van der Waals surface area contributed by atoms with Crippen LogP contribution in [0.1, 0.15) is 37.1 Å². The van der Waals surface area contributed by atoms with E-state index in [1.165, 1.54) is 0 Å². The lowest BCUT2D eigenvalue weighted by Crippen LogP contribution is -2.38. The quantitative estimate of drug-likeness (QED) is 0.373. The van der Waals surface area contributed by atoms with Gasteiger partial charge in [-0.3, -0.25) is 0 Å². The highest BCUT2D eigenvalue weighted by molar-refractivity contribution is 5.91. The van der Waals surface area contributed by atoms with Crippen LogP contribution in [0, 0.1) is 0 Å². The highest BCUT2D eigenvalue weighted by atomic mass is 16.5. The minimum atomic E-state index is 0.00643. The fourth-order valence-corrected chi connectivity index (χ4v) is 4.21. The van der Waals surface area contributed by atoms with Crippen LogP contribution in [0.2, 0.25) is 0 Å². The second-order valence-electron chi connectivity index (χ2n) is 8.05. The number of para-hydroxylation sites is 1. The van der Waals surface area contributed by atoms with Crippen LogP contribution in [0.5, 0.6) is 11.5 Å². The lowest BCUT2D eigenvalue weighted by atomic mass is 9.90. The Morgan fingerprint density at radius 2 is 1.85 bits per heavy atom. The predicted molar refractivity (Wildman–Crippen MR) is 133 cm³/mol. The maximum atomic E-state index is 5.69. The summed E-state index contributed by atoms with van der Waals surface area (Å²) in [5.74, 6) is 2.98. The maximum absolute atomic E-state index is 5.69. The molecule has 2 aromatic carbocycles. The Bertz CT molecular complexity index is 1170. The van der Waals surface area contributed by atoms with Crippen molar-refractivity contribution in [3.63, 3.8) is 0 Å². The van der Waals surface area contributed by atoms with Gasteiger partial charge in [0, 0.05) is 10.9 Å². The van der Waals surface area contributed by atoms with Crippen molar-refractivity contribution in [2.75, 3.05) is 19.5 Å². The summed E-state index contributed by atoms with van der Waals surface area (Å²) in [5, 5.41) is 4.50. The second-order valence-corrected chi connectivity index (χ2v) is 8.05. The van der Waals surface area contributed by atoms with E-state index in [0.717, 1.165) is 59.5 Å². The van der Waals surface area contributed by atoms with Crippen molar-refractivity contribution in [1.82, 2.24) is 9.97 Å². The average molecular weight is 447 g/mol. The van der Waals surface area contributed by atoms with Crippen molar-refractivity contribution in [1.29, 1.82) is 0 Å². The van der Waals surface area contributed by atoms with Crippen LogP contribution in [0.25, 0.3) is 23.1 Å². The topological polar surface area (TPSA) is 121 Å². The average Bonchev–Trinajstić information content (AvgIpc) is 2.83. The number of fused-ring (bicyclic) bond motifs is 1. The van der Waals surface area contributed by atoms with Gasteiger partial charge in [0.15, 0.2) is 11.8 Å². The summed E-state index contributed by atoms with van der Waals surface area (Å²) in [7, 11) is 3.31. The Labute approximate surface area is 193 Å². The van der Waals surface area contributed by atoms with Crippen LogP contribution in [-0.4, -0.2) is 42.2 Å². The molecular formula is C25H30N6O2. The smallest absolute Gasteiger partial charge is 0.186 e. The third kappa shape index (κ3) is 5.34. The predicted octanol–water partition coefficient (Wildman–Crippen LogP) is 3.81. The van der Waals surface area contributed by atoms with Crippen LogP contribution < -0.4 is 26.3 Å². The van der Waals surface area contributed by atoms with E-state index in [9.17, 15) is 0 Å². The largest absolute Gasteiger partial charge is 0.497 e. The van der Waals surface area contributed by atoms with E-state index in [1.807, 2.05) is 54.6 Å². The van der Waals surface area contributed by atoms with Crippen molar-refractivity contribution in [3.05, 3.63) is 53.9 Å². The maximum Gasteiger partial charge on any atom is 0.186 e. The van der Waals surface area contributed by atoms with Gasteiger partial charge < -0.3 is 26.3 Å². The van der Waals surface area contributed by atoms with Crippen molar-refractivity contribution < 1.29 is 9.47 Å². The lowest BCUT2D eigenvalue weighted by Gasteiger charge is -2.30. The van der Waals surface area contributed by atoms with Crippen LogP contribution in [0.4, 0.5) is 5.82 Å². The molecule has 0 radical (unpaired) electrons. The number of nitrogens with one attached hydrogen (secondary N) is 1. The molecule has 1 aliphatic rings. The number of aliphatic imine (C=N–C) groups is 1. The SMILES string of the molecule is COc1ccc2nc(C=Cc3ccccc3OC)nc(NC3CCCCC3N=C(N)N)c2c1. The Hall–Kier alpha value is -3.81. The molecule has 5 N–H and O–H groups in total. The van der Waals surface area contributed by atoms with E-state index in [2.05, 4.69) is 10.3 Å². The first-order chi connectivity index (χ1) is 16.1. The minimum Gasteiger partial charge on any atom is -0.497 e. The zero-order valence-electron chi connectivity index (χ0n) is 19.0. The van der Waals surface area contributed by atoms with Crippen molar-refractivity contribution in [2.24, 2.45) is 16.5 Å². The summed E-state index contributed by atoms with van der Waals surface area (Å²) < 4.78 is 10.9. The van der Waals surface area contributed by atoms with Gasteiger partial charge in [0.25, 0.3) is 0 Å². The van der Waals surface area contributed by atoms with Crippen molar-refractivity contribution in [3.8, 4) is 11.5 Å². The molecule has 1 saturated carbocycles. The highest BCUT2D eigenvalue weighted by Crippen LogP contribution is 2.30. The molecule has 33 heavy (non-hydrogen) atoms. The Morgan fingerprint density at radius 1 is 1.03 bits per heavy atom. The van der Waals surface area contributed by atoms with E-state index in [1.54, 1.807) is 14.2 Å². The molecule has 0 amide bonds. The number of hydrogen-bond acceptors (Lipinski definition) is 6. The molecule has 3 aromatic rings. The van der Waals surface area contributed by atoms with Gasteiger partial charge in [0.2, 0.25) is 0 Å². The summed E-state index contributed by atoms with van der Waals surface area (Å²) >= 11 is 0. The normalized spacial score (nSPS) is 18.2. The van der Waals surface area contributed by atoms with E-state index in [0.29, 0.717) is 5.82 Å². The third-order valence-electron chi connectivity index (χ3n) is 5.84. The van der Waals surface area contributed by atoms with Gasteiger partial charge in [0.1, 0.15) is 17.3 Å². The number of methoxy groups -OCH3 is 2. The Balaban J connectivity index is 1.73. The minimum absolute atomic E-state index is 0.00643. The number of hydrogen-bond donors (Lipinski definition) is 3. The molecule has 8 nitrogen and oxygen atoms in total. The second kappa shape index (κ2) is 10.2. The molecule has 1 fully saturated rings. The summed E-state index contributed by atoms with van der Waals surface area (Å²) in [6, 6.07) is 13.7. The zero-order chi connectivity index (χ0) is 23.2. The molecular weight excluding hydrogens is 416 g/mol. The van der Waals surface area contributed by atoms with Crippen molar-refractivity contribution in [2.45, 2.75) is 37.8 Å². The molecule has 8 heteroatoms. The highest BCUT2D eigenvalue weighted by Gasteiger charge is 2.26. The number of aromatic nitrogens is 2. The van der Waals surface area contributed by atoms with Gasteiger partial charge in [-0.15, -0.1) is 0 Å². The molecule has 172 valence electrons. The van der Waals surface area contributed by atoms with Crippen LogP contribution in [0.3, 0.4) is 0 Å². The Morgan fingerprint density at radius 3 is 2.64 bits per heavy atom. The monoisotopic (exact) mass is 446 g/mol. The zero-order valence-corrected chi connectivity index (χ0v) is 19.0. The standard InChI is InChI=1S/C25H30N6O2/c1-32-17-12-13-19-18(15-17)24(29-20-8-4-5-9-21(20)30-25(26)27)31-23(28-19)14-11-16-7-3-6-10-22(16)33-2/h3,6-7,10-15,20-21H,4-5,8-9H2,1-2H3,(H4,26,27,30)(H,28,29,31). The molecule has 1 aromatic heterocycles. The molecule has 0 saturated heterocycles. The van der Waals surface area contributed by atoms with Crippen LogP contribution in [0.15, 0.2) is 47.5 Å². The molecule has 0 spiro atoms. The van der Waals surface area contributed by atoms with E-state index >= 15 is 0 Å². The van der Waals surface area contributed by atoms with Gasteiger partial charge in [-0.2, -0.15) is 0 Å². The van der Waals surface area contributed by atoms with E-state index in [4.69, 9.17) is 30.9 Å². The van der Waals surface area contributed by atoms with Gasteiger partial charge >= 0.3 is 0 Å². The molecule has 1 heterocycles. The number of guanidine groups is 1. The summed E-state index contributed by atoms with van der Waals surface area (Å²) in [6.07, 6.45) is 7.95. The number of ether oxygens (including phenoxy) is 2. The van der Waals surface area contributed by atoms with Gasteiger partial charge in [-0.25, -0.2) is 15.0 Å². The summed E-state index contributed by atoms with van der Waals surface area (Å²) in [6.45, 7) is 0. The molecule has 4 rings (SSSR count). The van der Waals surface area contributed by atoms with E-state index in [-0.39, 0.29) is 18.0 Å². The number of rotatable bonds is 7. The summed E-state index contributed by atoms with van der Waals surface area (Å²) in [5.41, 5.74) is 13.2. The fraction of sp³-hybridized carbons (Fsp3) is 0.320. The lowest BCUT2D eigenvalue weighted by molar-refractivity contribution is 0.405. The van der Waals surface area contributed by atoms with E-state index < -0.39 is 0 Å². The summed E-state index contributed by atoms with van der Waals surface area (Å²) in [4.78, 5) is 14.0. The first-order valence-electron chi connectivity index (χ1n) is 11.1. The molecule has 0 aliphatic heterocycles. The molecule has 1 aliphatic carbocycles. The first kappa shape index (κ1) is 22.4. The van der Waals surface area contributed by atoms with Gasteiger partial charge in [-0.1, -0.05) is 31.0 Å². The van der Waals surface area contributed by atoms with Crippen LogP contribution in [-0.2, 0) is 0 Å². The molecule has 2 unspecified atom stereocenters. The molecule has 0 bridgehead atoms. The number of nitrogens with zero attached hydrogens (tertiary/aromatic N) is 3. The third-order valence-corrected chi connectivity index (χ3v) is 5.84. The fourth-order valence-electron chi connectivity index (χ4n) is 4.21. The number of nitrogens with two attached hydrogens (primary N) is 2. The first-order valence-corrected chi connectivity index (χ1v) is 11.1. The number of anilines is 1. The van der Waals surface area contributed by atoms with Gasteiger partial charge in [-0.05, 0) is 49.3 Å². The molecule has 2 atom stereocenters. The van der Waals surface area contributed by atoms with Gasteiger partial charge in [0.05, 0.1) is 31.8 Å². The van der Waals surface area contributed by atoms with Crippen LogP contribution >= 0.6 is 0 Å². The Kier molecular flexibility index (Phi) is 6.92. The van der Waals surface area contributed by atoms with Crippen molar-refractivity contribution >= 4 is 34.8 Å². The number of benzene rings is 2.